The van der Waals surface area contributed by atoms with E-state index in [-0.39, 0.29) is 29.4 Å². The van der Waals surface area contributed by atoms with E-state index in [9.17, 15) is 4.79 Å². The van der Waals surface area contributed by atoms with Crippen molar-refractivity contribution in [2.75, 3.05) is 6.54 Å². The summed E-state index contributed by atoms with van der Waals surface area (Å²) in [4.78, 5) is 20.3. The number of hydrogen-bond acceptors (Lipinski definition) is 3. The number of aliphatic imine (C=N–C) groups is 1. The molecule has 1 amide bonds. The van der Waals surface area contributed by atoms with E-state index in [0.717, 1.165) is 18.6 Å². The summed E-state index contributed by atoms with van der Waals surface area (Å²) in [5.74, 6) is 0.838. The molecule has 1 aromatic carbocycles. The zero-order valence-electron chi connectivity index (χ0n) is 16.5. The minimum Gasteiger partial charge on any atom is -0.324 e. The number of carbonyl (C=O) groups is 1. The minimum atomic E-state index is -0.619. The van der Waals surface area contributed by atoms with Gasteiger partial charge in [0.15, 0.2) is 12.0 Å². The third-order valence-electron chi connectivity index (χ3n) is 6.51. The summed E-state index contributed by atoms with van der Waals surface area (Å²) in [5, 5.41) is 0. The number of hydrogen-bond donors (Lipinski definition) is 0. The Morgan fingerprint density at radius 3 is 2.54 bits per heavy atom. The summed E-state index contributed by atoms with van der Waals surface area (Å²) in [6, 6.07) is 10.6. The van der Waals surface area contributed by atoms with E-state index in [1.807, 2.05) is 17.9 Å². The minimum absolute atomic E-state index is 0.00609. The van der Waals surface area contributed by atoms with Crippen molar-refractivity contribution in [1.29, 1.82) is 0 Å². The first-order chi connectivity index (χ1) is 12.3. The van der Waals surface area contributed by atoms with E-state index in [0.29, 0.717) is 12.5 Å². The normalized spacial score (nSPS) is 36.7. The molecule has 140 valence electrons. The molecule has 1 saturated heterocycles. The van der Waals surface area contributed by atoms with Crippen LogP contribution in [0.15, 0.2) is 35.3 Å². The van der Waals surface area contributed by atoms with Gasteiger partial charge in [0.05, 0.1) is 5.71 Å². The molecule has 26 heavy (non-hydrogen) atoms. The predicted molar refractivity (Wildman–Crippen MR) is 103 cm³/mol. The van der Waals surface area contributed by atoms with Gasteiger partial charge in [0.1, 0.15) is 0 Å². The van der Waals surface area contributed by atoms with Gasteiger partial charge in [-0.25, -0.2) is 0 Å². The Labute approximate surface area is 156 Å². The molecule has 0 aromatic heterocycles. The number of amides is 1. The van der Waals surface area contributed by atoms with Crippen LogP contribution in [-0.2, 0) is 9.53 Å². The quantitative estimate of drug-likeness (QED) is 0.798. The first kappa shape index (κ1) is 17.7. The Hall–Kier alpha value is -1.68. The second-order valence-electron chi connectivity index (χ2n) is 9.17. The molecule has 4 rings (SSSR count). The average Bonchev–Trinajstić information content (AvgIpc) is 3.07. The number of nitrogens with zero attached hydrogens (tertiary/aromatic N) is 2. The lowest BCUT2D eigenvalue weighted by molar-refractivity contribution is -0.156. The van der Waals surface area contributed by atoms with Crippen LogP contribution in [0, 0.1) is 17.3 Å². The maximum Gasteiger partial charge on any atom is 0.228 e. The Morgan fingerprint density at radius 2 is 1.92 bits per heavy atom. The number of benzene rings is 1. The number of ether oxygens (including phenoxy) is 1. The van der Waals surface area contributed by atoms with Crippen molar-refractivity contribution >= 4 is 11.6 Å². The summed E-state index contributed by atoms with van der Waals surface area (Å²) >= 11 is 0. The molecule has 4 heteroatoms. The zero-order valence-corrected chi connectivity index (χ0v) is 16.5. The van der Waals surface area contributed by atoms with Crippen LogP contribution in [0.5, 0.6) is 0 Å². The predicted octanol–water partition coefficient (Wildman–Crippen LogP) is 4.22. The first-order valence-electron chi connectivity index (χ1n) is 9.89. The van der Waals surface area contributed by atoms with E-state index in [1.165, 1.54) is 5.56 Å². The van der Waals surface area contributed by atoms with Crippen LogP contribution in [0.25, 0.3) is 0 Å². The van der Waals surface area contributed by atoms with Gasteiger partial charge in [-0.05, 0) is 30.7 Å². The molecular formula is C22H30N2O2. The van der Waals surface area contributed by atoms with E-state index in [1.54, 1.807) is 0 Å². The van der Waals surface area contributed by atoms with E-state index >= 15 is 0 Å². The summed E-state index contributed by atoms with van der Waals surface area (Å²) in [6.07, 6.45) is 1.43. The van der Waals surface area contributed by atoms with Gasteiger partial charge in [0.2, 0.25) is 5.91 Å². The number of likely N-dealkylation sites (tertiary alicyclic amines) is 1. The van der Waals surface area contributed by atoms with Crippen molar-refractivity contribution < 1.29 is 9.53 Å². The first-order valence-corrected chi connectivity index (χ1v) is 9.89. The maximum absolute atomic E-state index is 13.2. The van der Waals surface area contributed by atoms with Crippen LogP contribution < -0.4 is 0 Å². The van der Waals surface area contributed by atoms with Crippen molar-refractivity contribution in [2.45, 2.75) is 65.3 Å². The molecule has 1 aromatic rings. The highest BCUT2D eigenvalue weighted by Gasteiger charge is 2.62. The number of carbonyl (C=O) groups excluding carboxylic acids is 1. The van der Waals surface area contributed by atoms with Crippen molar-refractivity contribution in [3.8, 4) is 0 Å². The average molecular weight is 354 g/mol. The highest BCUT2D eigenvalue weighted by atomic mass is 16.6. The van der Waals surface area contributed by atoms with Crippen LogP contribution in [0.1, 0.15) is 58.9 Å². The third-order valence-corrected chi connectivity index (χ3v) is 6.51. The fraction of sp³-hybridized carbons (Fsp3) is 0.636. The van der Waals surface area contributed by atoms with Gasteiger partial charge < -0.3 is 9.64 Å². The molecule has 1 aliphatic carbocycles. The standard InChI is InChI=1S/C22H30N2O2/c1-6-24-19(25)17-13-22(24)18(23-20(26-22)21(3,4)5)12-16(14(17)2)15-10-8-7-9-11-15/h7-11,14,16-17,20H,6,12-13H2,1-5H3/t14-,16+,17+,20-,22+/m1/s1. The van der Waals surface area contributed by atoms with Gasteiger partial charge in [-0.2, -0.15) is 0 Å². The molecule has 2 heterocycles. The molecular weight excluding hydrogens is 324 g/mol. The lowest BCUT2D eigenvalue weighted by Crippen LogP contribution is -2.53. The number of rotatable bonds is 2. The Bertz CT molecular complexity index is 736. The molecule has 2 fully saturated rings. The van der Waals surface area contributed by atoms with Crippen molar-refractivity contribution in [3.05, 3.63) is 35.9 Å². The van der Waals surface area contributed by atoms with Gasteiger partial charge in [-0.1, -0.05) is 58.0 Å². The van der Waals surface area contributed by atoms with Crippen molar-refractivity contribution in [3.63, 3.8) is 0 Å². The van der Waals surface area contributed by atoms with Crippen LogP contribution in [-0.4, -0.2) is 35.0 Å². The Morgan fingerprint density at radius 1 is 1.23 bits per heavy atom. The monoisotopic (exact) mass is 354 g/mol. The summed E-state index contributed by atoms with van der Waals surface area (Å²) < 4.78 is 6.60. The third kappa shape index (κ3) is 2.45. The van der Waals surface area contributed by atoms with Gasteiger partial charge >= 0.3 is 0 Å². The highest BCUT2D eigenvalue weighted by molar-refractivity contribution is 6.01. The fourth-order valence-corrected chi connectivity index (χ4v) is 4.98. The molecule has 0 N–H and O–H groups in total. The lowest BCUT2D eigenvalue weighted by atomic mass is 9.78. The van der Waals surface area contributed by atoms with Crippen molar-refractivity contribution in [1.82, 2.24) is 4.90 Å². The van der Waals surface area contributed by atoms with Gasteiger partial charge in [-0.15, -0.1) is 0 Å². The molecule has 2 bridgehead atoms. The molecule has 0 unspecified atom stereocenters. The molecule has 5 atom stereocenters. The second-order valence-corrected chi connectivity index (χ2v) is 9.17. The molecule has 0 radical (unpaired) electrons. The molecule has 4 nitrogen and oxygen atoms in total. The van der Waals surface area contributed by atoms with Gasteiger partial charge in [0.25, 0.3) is 0 Å². The highest BCUT2D eigenvalue weighted by Crippen LogP contribution is 2.53. The SMILES string of the molecule is CCN1C(=O)[C@H]2C[C@@]13O[C@H](C(C)(C)C)N=C3C[C@H](c1ccccc1)[C@H]2C. The Balaban J connectivity index is 1.81. The van der Waals surface area contributed by atoms with Crippen LogP contribution in [0.4, 0.5) is 0 Å². The summed E-state index contributed by atoms with van der Waals surface area (Å²) in [7, 11) is 0. The molecule has 1 saturated carbocycles. The molecule has 1 spiro atoms. The topological polar surface area (TPSA) is 41.9 Å². The van der Waals surface area contributed by atoms with Crippen molar-refractivity contribution in [2.24, 2.45) is 22.2 Å². The second kappa shape index (κ2) is 5.91. The summed E-state index contributed by atoms with van der Waals surface area (Å²) in [6.45, 7) is 11.4. The van der Waals surface area contributed by atoms with E-state index in [2.05, 4.69) is 52.0 Å². The number of fused-ring (bicyclic) bond motifs is 1. The lowest BCUT2D eigenvalue weighted by Gasteiger charge is -2.38. The fourth-order valence-electron chi connectivity index (χ4n) is 4.98. The van der Waals surface area contributed by atoms with Gasteiger partial charge in [-0.3, -0.25) is 9.79 Å². The van der Waals surface area contributed by atoms with Crippen LogP contribution in [0.3, 0.4) is 0 Å². The summed E-state index contributed by atoms with van der Waals surface area (Å²) in [5.41, 5.74) is 1.68. The Kier molecular flexibility index (Phi) is 4.03. The largest absolute Gasteiger partial charge is 0.324 e. The smallest absolute Gasteiger partial charge is 0.228 e. The maximum atomic E-state index is 13.2. The van der Waals surface area contributed by atoms with Crippen LogP contribution >= 0.6 is 0 Å². The van der Waals surface area contributed by atoms with Gasteiger partial charge in [0, 0.05) is 24.3 Å². The van der Waals surface area contributed by atoms with E-state index < -0.39 is 5.72 Å². The zero-order chi connectivity index (χ0) is 18.7. The molecule has 3 aliphatic rings. The van der Waals surface area contributed by atoms with E-state index in [4.69, 9.17) is 9.73 Å². The van der Waals surface area contributed by atoms with Crippen LogP contribution in [0.2, 0.25) is 0 Å². The molecule has 2 aliphatic heterocycles.